The minimum absolute atomic E-state index is 0.0200. The molecule has 0 amide bonds. The van der Waals surface area contributed by atoms with Gasteiger partial charge in [0.05, 0.1) is 24.2 Å². The van der Waals surface area contributed by atoms with Gasteiger partial charge in [-0.25, -0.2) is 4.98 Å². The molecule has 1 aliphatic heterocycles. The molecule has 0 bridgehead atoms. The van der Waals surface area contributed by atoms with Crippen LogP contribution in [-0.4, -0.2) is 42.4 Å². The van der Waals surface area contributed by atoms with Crippen LogP contribution in [0.15, 0.2) is 12.3 Å². The molecule has 1 fully saturated rings. The van der Waals surface area contributed by atoms with Gasteiger partial charge in [-0.15, -0.1) is 0 Å². The van der Waals surface area contributed by atoms with E-state index in [0.29, 0.717) is 25.3 Å². The molecule has 1 aromatic heterocycles. The van der Waals surface area contributed by atoms with E-state index in [1.807, 2.05) is 0 Å². The highest BCUT2D eigenvalue weighted by molar-refractivity contribution is 5.59. The normalized spacial score (nSPS) is 18.1. The zero-order valence-electron chi connectivity index (χ0n) is 11.5. The quantitative estimate of drug-likeness (QED) is 0.466. The van der Waals surface area contributed by atoms with Gasteiger partial charge < -0.3 is 14.8 Å². The molecule has 0 saturated carbocycles. The number of aromatic nitrogens is 1. The topological polar surface area (TPSA) is 86.5 Å². The summed E-state index contributed by atoms with van der Waals surface area (Å²) in [5.41, 5.74) is 0.611. The van der Waals surface area contributed by atoms with E-state index in [4.69, 9.17) is 9.47 Å². The lowest BCUT2D eigenvalue weighted by Crippen LogP contribution is -2.18. The monoisotopic (exact) mass is 281 g/mol. The lowest BCUT2D eigenvalue weighted by atomic mass is 10.2. The van der Waals surface area contributed by atoms with E-state index in [9.17, 15) is 10.1 Å². The summed E-state index contributed by atoms with van der Waals surface area (Å²) in [7, 11) is 0. The van der Waals surface area contributed by atoms with Crippen LogP contribution in [0.1, 0.15) is 18.4 Å². The van der Waals surface area contributed by atoms with Gasteiger partial charge in [-0.3, -0.25) is 10.1 Å². The molecule has 0 spiro atoms. The second-order valence-electron chi connectivity index (χ2n) is 4.72. The van der Waals surface area contributed by atoms with Crippen molar-refractivity contribution in [3.63, 3.8) is 0 Å². The molecule has 1 aliphatic rings. The molecule has 2 rings (SSSR count). The second kappa shape index (κ2) is 7.16. The van der Waals surface area contributed by atoms with Crippen LogP contribution in [0.2, 0.25) is 0 Å². The zero-order valence-corrected chi connectivity index (χ0v) is 11.5. The number of nitrogens with one attached hydrogen (secondary N) is 1. The van der Waals surface area contributed by atoms with Crippen LogP contribution in [0.4, 0.5) is 11.5 Å². The fourth-order valence-electron chi connectivity index (χ4n) is 2.14. The van der Waals surface area contributed by atoms with Crippen molar-refractivity contribution in [1.29, 1.82) is 0 Å². The summed E-state index contributed by atoms with van der Waals surface area (Å²) in [6.07, 6.45) is 3.88. The van der Waals surface area contributed by atoms with Crippen LogP contribution in [-0.2, 0) is 9.47 Å². The van der Waals surface area contributed by atoms with Gasteiger partial charge in [-0.05, 0) is 25.8 Å². The summed E-state index contributed by atoms with van der Waals surface area (Å²) < 4.78 is 10.9. The number of anilines is 1. The van der Waals surface area contributed by atoms with Gasteiger partial charge in [0, 0.05) is 24.9 Å². The molecule has 0 aromatic carbocycles. The molecule has 1 aromatic rings. The molecule has 0 radical (unpaired) electrons. The molecule has 7 nitrogen and oxygen atoms in total. The molecule has 1 N–H and O–H groups in total. The fraction of sp³-hybridized carbons (Fsp3) is 0.615. The van der Waals surface area contributed by atoms with Gasteiger partial charge in [0.1, 0.15) is 0 Å². The third-order valence-electron chi connectivity index (χ3n) is 3.18. The van der Waals surface area contributed by atoms with Crippen molar-refractivity contribution < 1.29 is 14.4 Å². The predicted molar refractivity (Wildman–Crippen MR) is 73.9 cm³/mol. The summed E-state index contributed by atoms with van der Waals surface area (Å²) in [6.45, 7) is 4.02. The SMILES string of the molecule is Cc1ccnc(NCCOCC2CCCO2)c1[N+](=O)[O-]. The number of nitro groups is 1. The summed E-state index contributed by atoms with van der Waals surface area (Å²) in [5.74, 6) is 0.288. The van der Waals surface area contributed by atoms with Crippen molar-refractivity contribution in [3.8, 4) is 0 Å². The molecule has 20 heavy (non-hydrogen) atoms. The van der Waals surface area contributed by atoms with E-state index in [1.54, 1.807) is 19.2 Å². The molecule has 1 atom stereocenters. The van der Waals surface area contributed by atoms with E-state index in [2.05, 4.69) is 10.3 Å². The molecular weight excluding hydrogens is 262 g/mol. The number of nitrogens with zero attached hydrogens (tertiary/aromatic N) is 2. The van der Waals surface area contributed by atoms with Crippen molar-refractivity contribution >= 4 is 11.5 Å². The van der Waals surface area contributed by atoms with Crippen molar-refractivity contribution in [1.82, 2.24) is 4.98 Å². The highest BCUT2D eigenvalue weighted by Gasteiger charge is 2.18. The van der Waals surface area contributed by atoms with Crippen molar-refractivity contribution in [3.05, 3.63) is 27.9 Å². The maximum Gasteiger partial charge on any atom is 0.314 e. The van der Waals surface area contributed by atoms with Gasteiger partial charge in [-0.1, -0.05) is 0 Å². The summed E-state index contributed by atoms with van der Waals surface area (Å²) in [4.78, 5) is 14.6. The highest BCUT2D eigenvalue weighted by atomic mass is 16.6. The van der Waals surface area contributed by atoms with Crippen LogP contribution in [0.5, 0.6) is 0 Å². The van der Waals surface area contributed by atoms with Crippen molar-refractivity contribution in [2.45, 2.75) is 25.9 Å². The third-order valence-corrected chi connectivity index (χ3v) is 3.18. The van der Waals surface area contributed by atoms with E-state index in [0.717, 1.165) is 19.4 Å². The van der Waals surface area contributed by atoms with Gasteiger partial charge in [0.15, 0.2) is 0 Å². The first kappa shape index (κ1) is 14.7. The number of pyridine rings is 1. The van der Waals surface area contributed by atoms with Gasteiger partial charge in [0.2, 0.25) is 5.82 Å². The first-order valence-corrected chi connectivity index (χ1v) is 6.71. The minimum atomic E-state index is -0.419. The van der Waals surface area contributed by atoms with Crippen LogP contribution < -0.4 is 5.32 Å². The Morgan fingerprint density at radius 2 is 2.50 bits per heavy atom. The molecule has 110 valence electrons. The lowest BCUT2D eigenvalue weighted by Gasteiger charge is -2.11. The van der Waals surface area contributed by atoms with E-state index >= 15 is 0 Å². The van der Waals surface area contributed by atoms with Crippen LogP contribution in [0.3, 0.4) is 0 Å². The molecule has 2 heterocycles. The van der Waals surface area contributed by atoms with Crippen LogP contribution >= 0.6 is 0 Å². The average molecular weight is 281 g/mol. The fourth-order valence-corrected chi connectivity index (χ4v) is 2.14. The number of hydrogen-bond acceptors (Lipinski definition) is 6. The summed E-state index contributed by atoms with van der Waals surface area (Å²) >= 11 is 0. The van der Waals surface area contributed by atoms with Crippen molar-refractivity contribution in [2.24, 2.45) is 0 Å². The number of aryl methyl sites for hydroxylation is 1. The summed E-state index contributed by atoms with van der Waals surface area (Å²) in [5, 5.41) is 13.9. The van der Waals surface area contributed by atoms with Crippen molar-refractivity contribution in [2.75, 3.05) is 31.7 Å². The Balaban J connectivity index is 1.76. The smallest absolute Gasteiger partial charge is 0.314 e. The van der Waals surface area contributed by atoms with E-state index < -0.39 is 4.92 Å². The number of rotatable bonds is 7. The Hall–Kier alpha value is -1.73. The number of ether oxygens (including phenoxy) is 2. The maximum absolute atomic E-state index is 11.0. The standard InChI is InChI=1S/C13H19N3O4/c1-10-4-5-14-13(12(10)16(17)18)15-6-8-19-9-11-3-2-7-20-11/h4-5,11H,2-3,6-9H2,1H3,(H,14,15). The molecule has 1 saturated heterocycles. The van der Waals surface area contributed by atoms with Gasteiger partial charge in [-0.2, -0.15) is 0 Å². The Bertz CT molecular complexity index is 461. The first-order valence-electron chi connectivity index (χ1n) is 6.71. The Labute approximate surface area is 117 Å². The lowest BCUT2D eigenvalue weighted by molar-refractivity contribution is -0.384. The maximum atomic E-state index is 11.0. The van der Waals surface area contributed by atoms with E-state index in [1.165, 1.54) is 0 Å². The summed E-state index contributed by atoms with van der Waals surface area (Å²) in [6, 6.07) is 1.62. The largest absolute Gasteiger partial charge is 0.377 e. The van der Waals surface area contributed by atoms with E-state index in [-0.39, 0.29) is 17.6 Å². The van der Waals surface area contributed by atoms with Gasteiger partial charge in [0.25, 0.3) is 0 Å². The molecule has 0 aliphatic carbocycles. The molecule has 1 unspecified atom stereocenters. The molecule has 7 heteroatoms. The Morgan fingerprint density at radius 3 is 3.20 bits per heavy atom. The van der Waals surface area contributed by atoms with Crippen LogP contribution in [0, 0.1) is 17.0 Å². The number of hydrogen-bond donors (Lipinski definition) is 1. The van der Waals surface area contributed by atoms with Gasteiger partial charge >= 0.3 is 5.69 Å². The average Bonchev–Trinajstić information content (AvgIpc) is 2.91. The Morgan fingerprint density at radius 1 is 1.65 bits per heavy atom. The highest BCUT2D eigenvalue weighted by Crippen LogP contribution is 2.25. The molecular formula is C13H19N3O4. The third kappa shape index (κ3) is 3.88. The Kier molecular flexibility index (Phi) is 5.25. The second-order valence-corrected chi connectivity index (χ2v) is 4.72. The minimum Gasteiger partial charge on any atom is -0.377 e. The first-order chi connectivity index (χ1) is 9.68. The zero-order chi connectivity index (χ0) is 14.4. The van der Waals surface area contributed by atoms with Crippen LogP contribution in [0.25, 0.3) is 0 Å². The predicted octanol–water partition coefficient (Wildman–Crippen LogP) is 1.91.